The summed E-state index contributed by atoms with van der Waals surface area (Å²) in [5, 5.41) is 55.1. The Bertz CT molecular complexity index is 3720. The van der Waals surface area contributed by atoms with Crippen LogP contribution in [0.25, 0.3) is 11.1 Å². The number of benzene rings is 4. The average Bonchev–Trinajstić information content (AvgIpc) is 0.902. The third-order valence-corrected chi connectivity index (χ3v) is 17.2. The molecule has 30 nitrogen and oxygen atoms in total. The summed E-state index contributed by atoms with van der Waals surface area (Å²) in [7, 11) is 1.57. The van der Waals surface area contributed by atoms with Gasteiger partial charge in [0, 0.05) is 49.1 Å². The molecule has 5 rings (SSSR count). The van der Waals surface area contributed by atoms with E-state index >= 15 is 4.39 Å². The van der Waals surface area contributed by atoms with Crippen molar-refractivity contribution in [2.45, 2.75) is 158 Å². The van der Waals surface area contributed by atoms with Crippen LogP contribution in [0, 0.1) is 5.82 Å². The molecule has 0 fully saturated rings. The Labute approximate surface area is 600 Å². The highest BCUT2D eigenvalue weighted by Gasteiger charge is 2.42. The number of aromatic nitrogens is 2. The van der Waals surface area contributed by atoms with Gasteiger partial charge in [0.05, 0.1) is 38.7 Å². The lowest BCUT2D eigenvalue weighted by molar-refractivity contribution is -0.139. The van der Waals surface area contributed by atoms with E-state index in [4.69, 9.17) is 16.2 Å². The van der Waals surface area contributed by atoms with Crippen molar-refractivity contribution < 1.29 is 82.0 Å². The highest BCUT2D eigenvalue weighted by Crippen LogP contribution is 2.29. The lowest BCUT2D eigenvalue weighted by Gasteiger charge is -2.34. The van der Waals surface area contributed by atoms with E-state index in [1.807, 2.05) is 67.6 Å². The van der Waals surface area contributed by atoms with Crippen LogP contribution in [0.2, 0.25) is 0 Å². The number of thiol groups is 2. The number of carboxylic acids is 1. The number of ether oxygens (including phenoxy) is 1. The summed E-state index contributed by atoms with van der Waals surface area (Å²) in [6.07, 6.45) is 1.04. The van der Waals surface area contributed by atoms with E-state index in [9.17, 15) is 72.9 Å². The number of halogens is 1. The van der Waals surface area contributed by atoms with Crippen LogP contribution >= 0.6 is 25.3 Å². The van der Waals surface area contributed by atoms with E-state index in [0.29, 0.717) is 36.3 Å². The van der Waals surface area contributed by atoms with Gasteiger partial charge in [-0.25, -0.2) is 9.37 Å². The number of nitrogens with two attached hydrogens (primary N) is 2. The van der Waals surface area contributed by atoms with Gasteiger partial charge in [0.15, 0.2) is 0 Å². The van der Waals surface area contributed by atoms with Crippen molar-refractivity contribution in [3.63, 3.8) is 0 Å². The van der Waals surface area contributed by atoms with E-state index in [1.54, 1.807) is 19.2 Å². The highest BCUT2D eigenvalue weighted by molar-refractivity contribution is 7.80. The van der Waals surface area contributed by atoms with Crippen molar-refractivity contribution in [3.05, 3.63) is 143 Å². The predicted molar refractivity (Wildman–Crippen MR) is 379 cm³/mol. The first kappa shape index (κ1) is 82.7. The number of hydrogen-bond acceptors (Lipinski definition) is 19. The van der Waals surface area contributed by atoms with E-state index in [0.717, 1.165) is 42.2 Å². The minimum atomic E-state index is -2.28. The average molecular weight is 1460 g/mol. The molecule has 11 amide bonds. The van der Waals surface area contributed by atoms with Crippen LogP contribution < -0.4 is 69.4 Å². The largest absolute Gasteiger partial charge is 0.497 e. The molecule has 552 valence electrons. The van der Waals surface area contributed by atoms with Gasteiger partial charge in [-0.2, -0.15) is 25.3 Å². The number of aliphatic hydroxyl groups excluding tert-OH is 2. The van der Waals surface area contributed by atoms with Gasteiger partial charge in [0.1, 0.15) is 64.9 Å². The number of aliphatic carboxylic acids is 1. The molecule has 0 saturated heterocycles. The molecule has 1 aromatic heterocycles. The summed E-state index contributed by atoms with van der Waals surface area (Å²) in [5.41, 5.74) is 12.6. The van der Waals surface area contributed by atoms with Crippen molar-refractivity contribution in [3.8, 4) is 16.9 Å². The molecule has 0 aliphatic heterocycles. The molecular weight excluding hydrogens is 1360 g/mol. The Hall–Kier alpha value is -9.96. The normalized spacial score (nSPS) is 14.5. The third kappa shape index (κ3) is 25.3. The van der Waals surface area contributed by atoms with Crippen LogP contribution in [0.1, 0.15) is 88.2 Å². The number of aryl methyl sites for hydroxylation is 2. The Morgan fingerprint density at radius 3 is 1.87 bits per heavy atom. The number of carboxylic acid groups (broad SMARTS) is 1. The number of aliphatic hydroxyl groups is 2. The molecular formula is C69H91FN14O16S2. The molecule has 0 radical (unpaired) electrons. The number of nitrogens with one attached hydrogen (secondary N) is 11. The second-order valence-electron chi connectivity index (χ2n) is 24.9. The minimum absolute atomic E-state index is 0.0318. The zero-order valence-corrected chi connectivity index (χ0v) is 59.1. The van der Waals surface area contributed by atoms with Crippen LogP contribution in [0.15, 0.2) is 110 Å². The third-order valence-electron chi connectivity index (χ3n) is 16.4. The number of H-pyrrole nitrogens is 1. The Balaban J connectivity index is 1.28. The topological polar surface area (TPSA) is 476 Å². The molecule has 0 aliphatic carbocycles. The summed E-state index contributed by atoms with van der Waals surface area (Å²) in [6, 6.07) is 15.1. The van der Waals surface area contributed by atoms with Crippen molar-refractivity contribution >= 4 is 96.2 Å². The number of carbonyl (C=O) groups excluding carboxylic acids is 11. The van der Waals surface area contributed by atoms with Crippen LogP contribution in [-0.2, 0) is 89.6 Å². The van der Waals surface area contributed by atoms with E-state index in [2.05, 4.69) is 88.4 Å². The number of rotatable bonds is 41. The van der Waals surface area contributed by atoms with Gasteiger partial charge in [-0.05, 0) is 111 Å². The van der Waals surface area contributed by atoms with Crippen LogP contribution in [0.5, 0.6) is 5.75 Å². The lowest BCUT2D eigenvalue weighted by Crippen LogP contribution is -2.66. The van der Waals surface area contributed by atoms with Crippen molar-refractivity contribution in [1.29, 1.82) is 0 Å². The zero-order chi connectivity index (χ0) is 75.4. The molecule has 0 unspecified atom stereocenters. The van der Waals surface area contributed by atoms with E-state index in [-0.39, 0.29) is 24.8 Å². The van der Waals surface area contributed by atoms with Crippen molar-refractivity contribution in [1.82, 2.24) is 63.1 Å². The number of primary amides is 1. The molecule has 10 atom stereocenters. The SMILES string of the molecule is CCc1cc(OC)ccc1-c1ccc(C[C@H](NC(=O)[C@H](CS)NC(=O)[C@H](CO)NC(=O)[C@@H](NC(=O)[C@](C)(Cc2ccccc2F)NC(=O)[C@H](CS)NC(=O)CNC(=O)[C@H](CCC(=O)O)NC(=O)C(C)(C)NC(=O)[C@@H](N)Cc2cnc[nH]2)[C@@H](C)O)C(=O)N[C@@H](CCCc2ccccc2)C(N)=O)cc1. The van der Waals surface area contributed by atoms with Gasteiger partial charge in [-0.1, -0.05) is 85.8 Å². The van der Waals surface area contributed by atoms with Crippen LogP contribution in [-0.4, -0.2) is 194 Å². The number of hydrogen-bond donors (Lipinski definition) is 18. The number of imidazole rings is 1. The predicted octanol–water partition coefficient (Wildman–Crippen LogP) is -0.973. The summed E-state index contributed by atoms with van der Waals surface area (Å²) in [5.74, 6) is -13.6. The van der Waals surface area contributed by atoms with Gasteiger partial charge in [0.2, 0.25) is 65.0 Å². The smallest absolute Gasteiger partial charge is 0.303 e. The molecule has 5 aromatic rings. The maximum atomic E-state index is 15.4. The summed E-state index contributed by atoms with van der Waals surface area (Å²) in [6.45, 7) is 4.79. The summed E-state index contributed by atoms with van der Waals surface area (Å²) < 4.78 is 20.8. The van der Waals surface area contributed by atoms with Crippen LogP contribution in [0.4, 0.5) is 4.39 Å². The molecule has 0 saturated carbocycles. The number of aromatic amines is 1. The Kier molecular flexibility index (Phi) is 32.3. The van der Waals surface area contributed by atoms with Crippen molar-refractivity contribution in [2.24, 2.45) is 11.5 Å². The first-order chi connectivity index (χ1) is 48.3. The maximum absolute atomic E-state index is 15.4. The van der Waals surface area contributed by atoms with Gasteiger partial charge in [-0.3, -0.25) is 57.5 Å². The number of carbonyl (C=O) groups is 12. The lowest BCUT2D eigenvalue weighted by atomic mass is 9.90. The summed E-state index contributed by atoms with van der Waals surface area (Å²) in [4.78, 5) is 170. The quantitative estimate of drug-likeness (QED) is 0.0209. The molecule has 4 aromatic carbocycles. The monoisotopic (exact) mass is 1450 g/mol. The Morgan fingerprint density at radius 2 is 1.27 bits per heavy atom. The highest BCUT2D eigenvalue weighted by atomic mass is 32.1. The summed E-state index contributed by atoms with van der Waals surface area (Å²) >= 11 is 8.47. The van der Waals surface area contributed by atoms with Gasteiger partial charge in [-0.15, -0.1) is 0 Å². The molecule has 1 heterocycles. The fourth-order valence-electron chi connectivity index (χ4n) is 10.5. The minimum Gasteiger partial charge on any atom is -0.497 e. The molecule has 18 N–H and O–H groups in total. The molecule has 102 heavy (non-hydrogen) atoms. The number of nitrogens with zero attached hydrogens (tertiary/aromatic N) is 1. The fourth-order valence-corrected chi connectivity index (χ4v) is 11.0. The van der Waals surface area contributed by atoms with E-state index in [1.165, 1.54) is 44.6 Å². The second kappa shape index (κ2) is 39.9. The zero-order valence-electron chi connectivity index (χ0n) is 57.3. The van der Waals surface area contributed by atoms with Gasteiger partial charge in [0.25, 0.3) is 0 Å². The first-order valence-corrected chi connectivity index (χ1v) is 33.9. The number of methoxy groups -OCH3 is 1. The van der Waals surface area contributed by atoms with Crippen molar-refractivity contribution in [2.75, 3.05) is 31.8 Å². The van der Waals surface area contributed by atoms with Gasteiger partial charge >= 0.3 is 5.97 Å². The fraction of sp³-hybridized carbons (Fsp3) is 0.435. The standard InChI is InChI=1S/C69H91FN14O16S2/c1-7-41-29-45(100-6)24-25-46(41)42-22-20-40(21-23-42)28-51(61(93)77-49(58(72)90)19-13-16-39-14-9-8-10-15-39)78-63(95)53(35-101)80-62(94)52(34-85)79-65(97)57(38(2)86)82-67(99)69(5,31-43-17-11-12-18-47(43)70)84-64(96)54(36-102)76-55(87)33-74-60(92)50(26-27-56(88)89)81-66(98)68(3,4)83-59(91)48(71)30-44-32-73-37-75-44/h8-12,14-15,17-18,20-25,29,32,37-38,48-54,57,85-86,101-102H,7,13,16,19,26-28,30-31,33-36,71H2,1-6H3,(H2,72,90)(H,73,75)(H,74,92)(H,76,87)(H,77,93)(H,78,95)(H,79,97)(H,80,94)(H,81,98)(H,82,99)(H,83,91)(H,84,96)(H,88,89)/t38-,48+,49+,50+,51+,52+,53+,54+,57+,69+/m1/s1. The number of amides is 11. The molecule has 0 spiro atoms. The first-order valence-electron chi connectivity index (χ1n) is 32.7. The second-order valence-corrected chi connectivity index (χ2v) is 25.7. The maximum Gasteiger partial charge on any atom is 0.303 e. The van der Waals surface area contributed by atoms with Gasteiger partial charge < -0.3 is 89.7 Å². The molecule has 0 aliphatic rings. The van der Waals surface area contributed by atoms with Crippen LogP contribution in [0.3, 0.4) is 0 Å². The molecule has 33 heteroatoms. The Morgan fingerprint density at radius 1 is 0.657 bits per heavy atom. The molecule has 0 bridgehead atoms. The van der Waals surface area contributed by atoms with E-state index < -0.39 is 186 Å².